The number of nitrogens with one attached hydrogen (secondary N) is 1. The third kappa shape index (κ3) is 3.93. The monoisotopic (exact) mass is 242 g/mol. The van der Waals surface area contributed by atoms with Crippen molar-refractivity contribution in [2.75, 3.05) is 13.1 Å². The largest absolute Gasteiger partial charge is 0.329 e. The summed E-state index contributed by atoms with van der Waals surface area (Å²) in [5.74, 6) is -0.349. The average molecular weight is 243 g/mol. The van der Waals surface area contributed by atoms with Crippen LogP contribution in [0.25, 0.3) is 0 Å². The molecule has 0 heterocycles. The summed E-state index contributed by atoms with van der Waals surface area (Å²) in [5.41, 5.74) is 7.39. The molecule has 0 saturated carbocycles. The van der Waals surface area contributed by atoms with Crippen molar-refractivity contribution in [3.05, 3.63) is 46.8 Å². The van der Waals surface area contributed by atoms with Crippen LogP contribution in [0.15, 0.2) is 30.4 Å². The maximum Gasteiger partial charge on any atom is 0.125 e. The molecule has 3 N–H and O–H groups in total. The van der Waals surface area contributed by atoms with Gasteiger partial charge < -0.3 is 11.1 Å². The lowest BCUT2D eigenvalue weighted by Crippen LogP contribution is -2.29. The number of nitrogens with two attached hydrogens (primary N) is 1. The summed E-state index contributed by atoms with van der Waals surface area (Å²) in [6.45, 7) is 6.73. The fraction of sp³-hybridized carbons (Fsp3) is 0.333. The summed E-state index contributed by atoms with van der Waals surface area (Å²) >= 11 is 5.79. The Balaban J connectivity index is 2.81. The molecule has 0 amide bonds. The Hall–Kier alpha value is -0.900. The van der Waals surface area contributed by atoms with Gasteiger partial charge >= 0.3 is 0 Å². The van der Waals surface area contributed by atoms with Crippen molar-refractivity contribution in [2.45, 2.75) is 13.0 Å². The summed E-state index contributed by atoms with van der Waals surface area (Å²) in [5, 5.41) is 3.57. The van der Waals surface area contributed by atoms with Crippen molar-refractivity contribution in [1.82, 2.24) is 5.32 Å². The van der Waals surface area contributed by atoms with E-state index in [4.69, 9.17) is 17.3 Å². The van der Waals surface area contributed by atoms with E-state index < -0.39 is 0 Å². The van der Waals surface area contributed by atoms with Gasteiger partial charge in [-0.3, -0.25) is 0 Å². The van der Waals surface area contributed by atoms with E-state index in [9.17, 15) is 4.39 Å². The van der Waals surface area contributed by atoms with E-state index in [2.05, 4.69) is 11.9 Å². The smallest absolute Gasteiger partial charge is 0.125 e. The maximum absolute atomic E-state index is 13.2. The molecule has 88 valence electrons. The Morgan fingerprint density at radius 2 is 2.25 bits per heavy atom. The van der Waals surface area contributed by atoms with Crippen LogP contribution in [0.5, 0.6) is 0 Å². The molecule has 1 rings (SSSR count). The van der Waals surface area contributed by atoms with Gasteiger partial charge in [-0.1, -0.05) is 23.8 Å². The molecule has 0 bridgehead atoms. The zero-order chi connectivity index (χ0) is 12.1. The molecule has 1 atom stereocenters. The Kier molecular flexibility index (Phi) is 4.93. The molecular formula is C12H16ClFN2. The molecule has 4 heteroatoms. The minimum absolute atomic E-state index is 0.107. The molecule has 16 heavy (non-hydrogen) atoms. The predicted molar refractivity (Wildman–Crippen MR) is 66.0 cm³/mol. The van der Waals surface area contributed by atoms with Gasteiger partial charge in [-0.2, -0.15) is 0 Å². The first-order valence-corrected chi connectivity index (χ1v) is 5.44. The summed E-state index contributed by atoms with van der Waals surface area (Å²) in [7, 11) is 0. The van der Waals surface area contributed by atoms with Gasteiger partial charge in [0.15, 0.2) is 0 Å². The van der Waals surface area contributed by atoms with Gasteiger partial charge in [-0.15, -0.1) is 0 Å². The second-order valence-electron chi connectivity index (χ2n) is 3.83. The van der Waals surface area contributed by atoms with Crippen LogP contribution in [0.3, 0.4) is 0 Å². The van der Waals surface area contributed by atoms with Crippen LogP contribution in [0, 0.1) is 5.82 Å². The van der Waals surface area contributed by atoms with Gasteiger partial charge in [0, 0.05) is 24.2 Å². The normalized spacial score (nSPS) is 12.5. The molecule has 2 nitrogen and oxygen atoms in total. The van der Waals surface area contributed by atoms with Gasteiger partial charge in [0.25, 0.3) is 0 Å². The van der Waals surface area contributed by atoms with Crippen LogP contribution < -0.4 is 11.1 Å². The van der Waals surface area contributed by atoms with Crippen LogP contribution in [-0.4, -0.2) is 13.1 Å². The predicted octanol–water partition coefficient (Wildman–Crippen LogP) is 2.64. The number of hydrogen-bond donors (Lipinski definition) is 2. The van der Waals surface area contributed by atoms with Crippen molar-refractivity contribution in [1.29, 1.82) is 0 Å². The first-order chi connectivity index (χ1) is 7.52. The van der Waals surface area contributed by atoms with Crippen LogP contribution in [-0.2, 0) is 0 Å². The molecule has 1 unspecified atom stereocenters. The molecule has 0 aliphatic rings. The summed E-state index contributed by atoms with van der Waals surface area (Å²) in [4.78, 5) is 0. The topological polar surface area (TPSA) is 38.0 Å². The highest BCUT2D eigenvalue weighted by Crippen LogP contribution is 2.19. The lowest BCUT2D eigenvalue weighted by atomic mass is 10.1. The highest BCUT2D eigenvalue weighted by atomic mass is 35.5. The Labute approximate surface area is 100 Å². The second kappa shape index (κ2) is 5.99. The van der Waals surface area contributed by atoms with E-state index in [0.29, 0.717) is 18.1 Å². The van der Waals surface area contributed by atoms with E-state index in [1.807, 2.05) is 6.92 Å². The minimum Gasteiger partial charge on any atom is -0.329 e. The highest BCUT2D eigenvalue weighted by Gasteiger charge is 2.10. The Bertz CT molecular complexity index is 359. The fourth-order valence-electron chi connectivity index (χ4n) is 1.41. The first kappa shape index (κ1) is 13.2. The third-order valence-electron chi connectivity index (χ3n) is 2.17. The van der Waals surface area contributed by atoms with Crippen LogP contribution in [0.4, 0.5) is 4.39 Å². The molecular weight excluding hydrogens is 227 g/mol. The van der Waals surface area contributed by atoms with E-state index in [1.165, 1.54) is 12.1 Å². The fourth-order valence-corrected chi connectivity index (χ4v) is 1.64. The summed E-state index contributed by atoms with van der Waals surface area (Å²) in [6, 6.07) is 4.32. The Morgan fingerprint density at radius 3 is 2.75 bits per heavy atom. The van der Waals surface area contributed by atoms with Gasteiger partial charge in [0.05, 0.1) is 0 Å². The molecule has 0 radical (unpaired) electrons. The minimum atomic E-state index is -0.349. The quantitative estimate of drug-likeness (QED) is 0.779. The van der Waals surface area contributed by atoms with Gasteiger partial charge in [0.2, 0.25) is 0 Å². The number of benzene rings is 1. The maximum atomic E-state index is 13.2. The lowest BCUT2D eigenvalue weighted by molar-refractivity contribution is 0.560. The standard InChI is InChI=1S/C12H16ClFN2/c1-8(2)7-16-12(6-15)9-3-10(13)5-11(14)4-9/h3-5,12,16H,1,6-7,15H2,2H3. The first-order valence-electron chi connectivity index (χ1n) is 5.06. The number of hydrogen-bond acceptors (Lipinski definition) is 2. The van der Waals surface area contributed by atoms with Gasteiger partial charge in [0.1, 0.15) is 5.82 Å². The number of halogens is 2. The van der Waals surface area contributed by atoms with Crippen molar-refractivity contribution in [2.24, 2.45) is 5.73 Å². The Morgan fingerprint density at radius 1 is 1.56 bits per heavy atom. The second-order valence-corrected chi connectivity index (χ2v) is 4.27. The van der Waals surface area contributed by atoms with Gasteiger partial charge in [-0.05, 0) is 30.7 Å². The van der Waals surface area contributed by atoms with E-state index in [1.54, 1.807) is 6.07 Å². The van der Waals surface area contributed by atoms with Crippen LogP contribution in [0.1, 0.15) is 18.5 Å². The molecule has 0 aliphatic carbocycles. The average Bonchev–Trinajstić information content (AvgIpc) is 2.16. The van der Waals surface area contributed by atoms with Crippen molar-refractivity contribution in [3.63, 3.8) is 0 Å². The molecule has 0 saturated heterocycles. The molecule has 0 fully saturated rings. The molecule has 1 aromatic rings. The highest BCUT2D eigenvalue weighted by molar-refractivity contribution is 6.30. The van der Waals surface area contributed by atoms with E-state index >= 15 is 0 Å². The van der Waals surface area contributed by atoms with Crippen LogP contribution >= 0.6 is 11.6 Å². The van der Waals surface area contributed by atoms with Crippen LogP contribution in [0.2, 0.25) is 5.02 Å². The van der Waals surface area contributed by atoms with Crippen molar-refractivity contribution >= 4 is 11.6 Å². The van der Waals surface area contributed by atoms with Gasteiger partial charge in [-0.25, -0.2) is 4.39 Å². The molecule has 0 aromatic heterocycles. The zero-order valence-corrected chi connectivity index (χ0v) is 10.0. The molecule has 0 aliphatic heterocycles. The molecule has 0 spiro atoms. The lowest BCUT2D eigenvalue weighted by Gasteiger charge is -2.17. The summed E-state index contributed by atoms with van der Waals surface area (Å²) in [6.07, 6.45) is 0. The number of rotatable bonds is 5. The zero-order valence-electron chi connectivity index (χ0n) is 9.26. The SMILES string of the molecule is C=C(C)CNC(CN)c1cc(F)cc(Cl)c1. The third-order valence-corrected chi connectivity index (χ3v) is 2.39. The van der Waals surface area contributed by atoms with E-state index in [0.717, 1.165) is 11.1 Å². The molecule has 1 aromatic carbocycles. The van der Waals surface area contributed by atoms with Crippen molar-refractivity contribution < 1.29 is 4.39 Å². The van der Waals surface area contributed by atoms with Crippen molar-refractivity contribution in [3.8, 4) is 0 Å². The van der Waals surface area contributed by atoms with E-state index in [-0.39, 0.29) is 11.9 Å². The summed E-state index contributed by atoms with van der Waals surface area (Å²) < 4.78 is 13.2.